The SMILES string of the molecule is CCCNc1nc(NCc2ccccc2C)c(F)cc1F. The molecule has 0 bridgehead atoms. The predicted octanol–water partition coefficient (Wildman–Crippen LogP) is 4.10. The smallest absolute Gasteiger partial charge is 0.168 e. The molecule has 0 aliphatic rings. The Morgan fingerprint density at radius 2 is 1.71 bits per heavy atom. The molecule has 0 unspecified atom stereocenters. The van der Waals surface area contributed by atoms with Crippen molar-refractivity contribution in [3.05, 3.63) is 53.1 Å². The molecular formula is C16H19F2N3. The number of nitrogens with one attached hydrogen (secondary N) is 2. The predicted molar refractivity (Wildman–Crippen MR) is 81.4 cm³/mol. The van der Waals surface area contributed by atoms with E-state index in [0.717, 1.165) is 23.6 Å². The van der Waals surface area contributed by atoms with Crippen LogP contribution in [0.1, 0.15) is 24.5 Å². The highest BCUT2D eigenvalue weighted by Gasteiger charge is 2.11. The number of hydrogen-bond donors (Lipinski definition) is 2. The summed E-state index contributed by atoms with van der Waals surface area (Å²) < 4.78 is 27.4. The average Bonchev–Trinajstić information content (AvgIpc) is 2.47. The summed E-state index contributed by atoms with van der Waals surface area (Å²) in [4.78, 5) is 3.98. The van der Waals surface area contributed by atoms with Crippen molar-refractivity contribution >= 4 is 11.6 Å². The van der Waals surface area contributed by atoms with Crippen LogP contribution in [0.3, 0.4) is 0 Å². The molecule has 0 spiro atoms. The molecule has 5 heteroatoms. The van der Waals surface area contributed by atoms with Gasteiger partial charge in [-0.15, -0.1) is 0 Å². The van der Waals surface area contributed by atoms with Gasteiger partial charge >= 0.3 is 0 Å². The van der Waals surface area contributed by atoms with Crippen molar-refractivity contribution in [2.75, 3.05) is 17.2 Å². The molecule has 0 fully saturated rings. The normalized spacial score (nSPS) is 10.5. The molecule has 21 heavy (non-hydrogen) atoms. The van der Waals surface area contributed by atoms with Crippen molar-refractivity contribution < 1.29 is 8.78 Å². The maximum absolute atomic E-state index is 13.8. The van der Waals surface area contributed by atoms with Crippen LogP contribution in [-0.4, -0.2) is 11.5 Å². The van der Waals surface area contributed by atoms with Crippen molar-refractivity contribution in [3.63, 3.8) is 0 Å². The molecule has 0 aliphatic heterocycles. The van der Waals surface area contributed by atoms with E-state index in [1.165, 1.54) is 0 Å². The van der Waals surface area contributed by atoms with Crippen LogP contribution in [0.4, 0.5) is 20.4 Å². The van der Waals surface area contributed by atoms with Gasteiger partial charge in [0, 0.05) is 19.2 Å². The Balaban J connectivity index is 2.14. The fourth-order valence-electron chi connectivity index (χ4n) is 1.95. The molecule has 0 saturated carbocycles. The third kappa shape index (κ3) is 3.90. The highest BCUT2D eigenvalue weighted by molar-refractivity contribution is 5.48. The zero-order valence-electron chi connectivity index (χ0n) is 12.2. The molecule has 0 atom stereocenters. The highest BCUT2D eigenvalue weighted by atomic mass is 19.1. The second-order valence-corrected chi connectivity index (χ2v) is 4.86. The second kappa shape index (κ2) is 7.02. The van der Waals surface area contributed by atoms with E-state index < -0.39 is 11.6 Å². The third-order valence-electron chi connectivity index (χ3n) is 3.18. The molecule has 0 aliphatic carbocycles. The summed E-state index contributed by atoms with van der Waals surface area (Å²) in [5.74, 6) is -1.24. The van der Waals surface area contributed by atoms with Crippen LogP contribution in [0.25, 0.3) is 0 Å². The molecule has 2 rings (SSSR count). The first-order valence-corrected chi connectivity index (χ1v) is 7.00. The fourth-order valence-corrected chi connectivity index (χ4v) is 1.95. The number of aromatic nitrogens is 1. The molecule has 2 N–H and O–H groups in total. The van der Waals surface area contributed by atoms with Crippen molar-refractivity contribution in [2.45, 2.75) is 26.8 Å². The quantitative estimate of drug-likeness (QED) is 0.841. The maximum Gasteiger partial charge on any atom is 0.168 e. The molecule has 0 amide bonds. The lowest BCUT2D eigenvalue weighted by Crippen LogP contribution is -2.10. The summed E-state index contributed by atoms with van der Waals surface area (Å²) in [6.45, 7) is 4.98. The van der Waals surface area contributed by atoms with Crippen LogP contribution in [0.2, 0.25) is 0 Å². The summed E-state index contributed by atoms with van der Waals surface area (Å²) in [7, 11) is 0. The van der Waals surface area contributed by atoms with E-state index in [1.54, 1.807) is 0 Å². The third-order valence-corrected chi connectivity index (χ3v) is 3.18. The van der Waals surface area contributed by atoms with Crippen LogP contribution in [0, 0.1) is 18.6 Å². The molecular weight excluding hydrogens is 272 g/mol. The Morgan fingerprint density at radius 3 is 2.38 bits per heavy atom. The van der Waals surface area contributed by atoms with Gasteiger partial charge in [0.15, 0.2) is 23.3 Å². The molecule has 2 aromatic rings. The standard InChI is InChI=1S/C16H19F2N3/c1-3-8-19-15-13(17)9-14(18)16(21-15)20-10-12-7-5-4-6-11(12)2/h4-7,9H,3,8,10H2,1-2H3,(H2,19,20,21). The van der Waals surface area contributed by atoms with Crippen molar-refractivity contribution in [3.8, 4) is 0 Å². The van der Waals surface area contributed by atoms with Crippen molar-refractivity contribution in [2.24, 2.45) is 0 Å². The Morgan fingerprint density at radius 1 is 1.05 bits per heavy atom. The van der Waals surface area contributed by atoms with Gasteiger partial charge < -0.3 is 10.6 Å². The van der Waals surface area contributed by atoms with Gasteiger partial charge in [-0.25, -0.2) is 13.8 Å². The number of hydrogen-bond acceptors (Lipinski definition) is 3. The lowest BCUT2D eigenvalue weighted by Gasteiger charge is -2.12. The summed E-state index contributed by atoms with van der Waals surface area (Å²) in [5, 5.41) is 5.77. The zero-order chi connectivity index (χ0) is 15.2. The number of aryl methyl sites for hydroxylation is 1. The molecule has 112 valence electrons. The van der Waals surface area contributed by atoms with Crippen LogP contribution >= 0.6 is 0 Å². The maximum atomic E-state index is 13.8. The van der Waals surface area contributed by atoms with E-state index in [0.29, 0.717) is 13.1 Å². The van der Waals surface area contributed by atoms with E-state index in [1.807, 2.05) is 38.1 Å². The van der Waals surface area contributed by atoms with Gasteiger partial charge in [-0.05, 0) is 24.5 Å². The highest BCUT2D eigenvalue weighted by Crippen LogP contribution is 2.20. The van der Waals surface area contributed by atoms with E-state index >= 15 is 0 Å². The molecule has 1 heterocycles. The van der Waals surface area contributed by atoms with Crippen molar-refractivity contribution in [1.82, 2.24) is 4.98 Å². The van der Waals surface area contributed by atoms with E-state index in [-0.39, 0.29) is 11.6 Å². The largest absolute Gasteiger partial charge is 0.368 e. The monoisotopic (exact) mass is 291 g/mol. The first-order valence-electron chi connectivity index (χ1n) is 7.00. The number of benzene rings is 1. The van der Waals surface area contributed by atoms with Gasteiger partial charge in [-0.2, -0.15) is 0 Å². The summed E-state index contributed by atoms with van der Waals surface area (Å²) >= 11 is 0. The number of halogens is 2. The molecule has 1 aromatic carbocycles. The molecule has 0 saturated heterocycles. The van der Waals surface area contributed by atoms with Crippen LogP contribution in [0.15, 0.2) is 30.3 Å². The van der Waals surface area contributed by atoms with Crippen LogP contribution in [-0.2, 0) is 6.54 Å². The number of pyridine rings is 1. The lowest BCUT2D eigenvalue weighted by molar-refractivity contribution is 0.577. The van der Waals surface area contributed by atoms with Gasteiger partial charge in [0.05, 0.1) is 0 Å². The Bertz CT molecular complexity index is 614. The zero-order valence-corrected chi connectivity index (χ0v) is 12.2. The molecule has 0 radical (unpaired) electrons. The Hall–Kier alpha value is -2.17. The summed E-state index contributed by atoms with van der Waals surface area (Å²) in [5.41, 5.74) is 2.16. The fraction of sp³-hybridized carbons (Fsp3) is 0.312. The van der Waals surface area contributed by atoms with Gasteiger partial charge in [-0.3, -0.25) is 0 Å². The minimum absolute atomic E-state index is 0.0539. The number of anilines is 2. The van der Waals surface area contributed by atoms with Crippen LogP contribution < -0.4 is 10.6 Å². The van der Waals surface area contributed by atoms with Crippen molar-refractivity contribution in [1.29, 1.82) is 0 Å². The first kappa shape index (κ1) is 15.2. The minimum Gasteiger partial charge on any atom is -0.368 e. The Labute approximate surface area is 123 Å². The summed E-state index contributed by atoms with van der Waals surface area (Å²) in [6, 6.07) is 8.67. The first-order chi connectivity index (χ1) is 10.1. The van der Waals surface area contributed by atoms with E-state index in [2.05, 4.69) is 15.6 Å². The number of nitrogens with zero attached hydrogens (tertiary/aromatic N) is 1. The topological polar surface area (TPSA) is 37.0 Å². The van der Waals surface area contributed by atoms with Gasteiger partial charge in [0.25, 0.3) is 0 Å². The second-order valence-electron chi connectivity index (χ2n) is 4.86. The summed E-state index contributed by atoms with van der Waals surface area (Å²) in [6.07, 6.45) is 0.838. The molecule has 3 nitrogen and oxygen atoms in total. The Kier molecular flexibility index (Phi) is 5.09. The average molecular weight is 291 g/mol. The number of rotatable bonds is 6. The van der Waals surface area contributed by atoms with Crippen LogP contribution in [0.5, 0.6) is 0 Å². The van der Waals surface area contributed by atoms with Gasteiger partial charge in [0.1, 0.15) is 0 Å². The molecule has 1 aromatic heterocycles. The van der Waals surface area contributed by atoms with Gasteiger partial charge in [0.2, 0.25) is 0 Å². The minimum atomic E-state index is -0.692. The van der Waals surface area contributed by atoms with E-state index in [9.17, 15) is 8.78 Å². The van der Waals surface area contributed by atoms with Gasteiger partial charge in [-0.1, -0.05) is 31.2 Å². The lowest BCUT2D eigenvalue weighted by atomic mass is 10.1. The van der Waals surface area contributed by atoms with E-state index in [4.69, 9.17) is 0 Å².